The van der Waals surface area contributed by atoms with Gasteiger partial charge >= 0.3 is 0 Å². The smallest absolute Gasteiger partial charge is 0.227 e. The summed E-state index contributed by atoms with van der Waals surface area (Å²) < 4.78 is 14.5. The number of piperazine rings is 1. The second kappa shape index (κ2) is 10.7. The Labute approximate surface area is 211 Å². The molecule has 3 atom stereocenters. The molecule has 1 N–H and O–H groups in total. The van der Waals surface area contributed by atoms with E-state index in [9.17, 15) is 9.18 Å². The maximum Gasteiger partial charge on any atom is 0.227 e. The van der Waals surface area contributed by atoms with E-state index >= 15 is 0 Å². The number of amides is 1. The molecule has 1 amide bonds. The highest BCUT2D eigenvalue weighted by atomic mass is 35.5. The van der Waals surface area contributed by atoms with Gasteiger partial charge in [0, 0.05) is 61.5 Å². The number of carbonyl (C=O) groups is 1. The third-order valence-electron chi connectivity index (χ3n) is 7.04. The molecule has 6 nitrogen and oxygen atoms in total. The van der Waals surface area contributed by atoms with Gasteiger partial charge in [0.05, 0.1) is 5.92 Å². The molecule has 0 unspecified atom stereocenters. The molecule has 180 valence electrons. The first-order valence-electron chi connectivity index (χ1n) is 11.1. The van der Waals surface area contributed by atoms with Crippen LogP contribution in [0, 0.1) is 11.7 Å². The molecule has 2 aromatic rings. The van der Waals surface area contributed by atoms with Crippen LogP contribution in [-0.4, -0.2) is 60.0 Å². The Morgan fingerprint density at radius 1 is 1.15 bits per heavy atom. The number of anilines is 1. The zero-order valence-corrected chi connectivity index (χ0v) is 20.9. The van der Waals surface area contributed by atoms with Gasteiger partial charge in [-0.05, 0) is 36.5 Å². The highest BCUT2D eigenvalue weighted by Crippen LogP contribution is 2.37. The first-order chi connectivity index (χ1) is 15.0. The average Bonchev–Trinajstić information content (AvgIpc) is 3.41. The number of hydrogen-bond acceptors (Lipinski definition) is 5. The molecule has 2 aliphatic heterocycles. The van der Waals surface area contributed by atoms with Crippen LogP contribution in [0.15, 0.2) is 24.5 Å². The maximum absolute atomic E-state index is 14.5. The van der Waals surface area contributed by atoms with Crippen LogP contribution in [0.4, 0.5) is 10.2 Å². The fourth-order valence-electron chi connectivity index (χ4n) is 5.32. The van der Waals surface area contributed by atoms with Gasteiger partial charge in [0.15, 0.2) is 0 Å². The van der Waals surface area contributed by atoms with Gasteiger partial charge in [0.2, 0.25) is 5.91 Å². The van der Waals surface area contributed by atoms with E-state index in [4.69, 9.17) is 11.6 Å². The van der Waals surface area contributed by atoms with Crippen molar-refractivity contribution in [1.82, 2.24) is 20.2 Å². The van der Waals surface area contributed by atoms with Crippen molar-refractivity contribution < 1.29 is 9.18 Å². The molecule has 0 bridgehead atoms. The quantitative estimate of drug-likeness (QED) is 0.672. The predicted octanol–water partition coefficient (Wildman–Crippen LogP) is 3.81. The largest absolute Gasteiger partial charge is 0.353 e. The molecule has 10 heteroatoms. The summed E-state index contributed by atoms with van der Waals surface area (Å²) in [5.41, 5.74) is 3.01. The first kappa shape index (κ1) is 25.9. The standard InChI is InChI=1S/C23H27ClFN5O.2ClH/c1-14-2-5-20-21(14)22(28-13-27-20)29-6-8-30(9-7-29)23(31)18-12-26-11-17(18)16-4-3-15(24)10-19(16)25;;/h3-4,10,13-14,17-18,26H,2,5-9,11-12H2,1H3;2*1H/t14-,17+,18-;;/m1../s1. The SMILES string of the molecule is C[C@@H]1CCc2ncnc(N3CCN(C(=O)[C@@H]4CNC[C@H]4c4ccc(Cl)cc4F)CC3)c21.Cl.Cl. The van der Waals surface area contributed by atoms with Crippen LogP contribution in [0.5, 0.6) is 0 Å². The second-order valence-corrected chi connectivity index (χ2v) is 9.28. The molecule has 5 rings (SSSR count). The minimum Gasteiger partial charge on any atom is -0.353 e. The molecule has 1 aromatic heterocycles. The number of halogens is 4. The van der Waals surface area contributed by atoms with Gasteiger partial charge in [-0.3, -0.25) is 4.79 Å². The van der Waals surface area contributed by atoms with Gasteiger partial charge in [-0.1, -0.05) is 24.6 Å². The first-order valence-corrected chi connectivity index (χ1v) is 11.4. The zero-order valence-electron chi connectivity index (χ0n) is 18.5. The zero-order chi connectivity index (χ0) is 21.5. The summed E-state index contributed by atoms with van der Waals surface area (Å²) in [5, 5.41) is 3.65. The Hall–Kier alpha value is -1.67. The van der Waals surface area contributed by atoms with Crippen LogP contribution < -0.4 is 10.2 Å². The summed E-state index contributed by atoms with van der Waals surface area (Å²) in [5.74, 6) is 0.844. The van der Waals surface area contributed by atoms with E-state index in [1.165, 1.54) is 17.3 Å². The van der Waals surface area contributed by atoms with E-state index < -0.39 is 0 Å². The van der Waals surface area contributed by atoms with Crippen LogP contribution >= 0.6 is 36.4 Å². The molecule has 2 fully saturated rings. The number of fused-ring (bicyclic) bond motifs is 1. The molecular weight excluding hydrogens is 488 g/mol. The lowest BCUT2D eigenvalue weighted by Gasteiger charge is -2.38. The Morgan fingerprint density at radius 3 is 2.64 bits per heavy atom. The van der Waals surface area contributed by atoms with Gasteiger partial charge in [0.25, 0.3) is 0 Å². The van der Waals surface area contributed by atoms with E-state index in [0.717, 1.165) is 31.7 Å². The lowest BCUT2D eigenvalue weighted by molar-refractivity contribution is -0.135. The summed E-state index contributed by atoms with van der Waals surface area (Å²) in [6.45, 7) is 6.21. The van der Waals surface area contributed by atoms with Crippen LogP contribution in [0.2, 0.25) is 5.02 Å². The van der Waals surface area contributed by atoms with Crippen molar-refractivity contribution in [2.75, 3.05) is 44.2 Å². The number of aryl methyl sites for hydroxylation is 1. The molecular formula is C23H29Cl3FN5O. The number of carbonyl (C=O) groups excluding carboxylic acids is 1. The number of rotatable bonds is 3. The third-order valence-corrected chi connectivity index (χ3v) is 7.27. The molecule has 1 aromatic carbocycles. The molecule has 2 saturated heterocycles. The summed E-state index contributed by atoms with van der Waals surface area (Å²) in [4.78, 5) is 26.6. The van der Waals surface area contributed by atoms with Crippen molar-refractivity contribution in [2.45, 2.75) is 31.6 Å². The summed E-state index contributed by atoms with van der Waals surface area (Å²) in [6.07, 6.45) is 3.80. The van der Waals surface area contributed by atoms with E-state index in [1.54, 1.807) is 18.5 Å². The van der Waals surface area contributed by atoms with Gasteiger partial charge < -0.3 is 15.1 Å². The third kappa shape index (κ3) is 4.92. The lowest BCUT2D eigenvalue weighted by atomic mass is 9.87. The van der Waals surface area contributed by atoms with E-state index in [2.05, 4.69) is 27.1 Å². The van der Waals surface area contributed by atoms with Gasteiger partial charge in [0.1, 0.15) is 18.0 Å². The minimum atomic E-state index is -0.337. The minimum absolute atomic E-state index is 0. The number of nitrogens with zero attached hydrogens (tertiary/aromatic N) is 4. The Balaban J connectivity index is 0.00000153. The Morgan fingerprint density at radius 2 is 1.91 bits per heavy atom. The van der Waals surface area contributed by atoms with Crippen LogP contribution in [-0.2, 0) is 11.2 Å². The van der Waals surface area contributed by atoms with Crippen LogP contribution in [0.1, 0.15) is 42.0 Å². The number of aromatic nitrogens is 2. The van der Waals surface area contributed by atoms with Crippen molar-refractivity contribution in [3.8, 4) is 0 Å². The average molecular weight is 517 g/mol. The molecule has 1 aliphatic carbocycles. The van der Waals surface area contributed by atoms with Crippen molar-refractivity contribution in [2.24, 2.45) is 5.92 Å². The molecule has 3 heterocycles. The van der Waals surface area contributed by atoms with Gasteiger partial charge in [-0.2, -0.15) is 0 Å². The predicted molar refractivity (Wildman–Crippen MR) is 133 cm³/mol. The van der Waals surface area contributed by atoms with Crippen molar-refractivity contribution in [1.29, 1.82) is 0 Å². The number of nitrogens with one attached hydrogen (secondary N) is 1. The maximum atomic E-state index is 14.5. The van der Waals surface area contributed by atoms with E-state index in [0.29, 0.717) is 42.7 Å². The molecule has 0 radical (unpaired) electrons. The molecule has 3 aliphatic rings. The fraction of sp³-hybridized carbons (Fsp3) is 0.522. The van der Waals surface area contributed by atoms with E-state index in [-0.39, 0.29) is 48.4 Å². The van der Waals surface area contributed by atoms with E-state index in [1.807, 2.05) is 4.90 Å². The fourth-order valence-corrected chi connectivity index (χ4v) is 5.47. The van der Waals surface area contributed by atoms with Crippen molar-refractivity contribution >= 4 is 48.1 Å². The summed E-state index contributed by atoms with van der Waals surface area (Å²) in [6, 6.07) is 4.74. The number of hydrogen-bond donors (Lipinski definition) is 1. The van der Waals surface area contributed by atoms with Crippen molar-refractivity contribution in [3.05, 3.63) is 52.2 Å². The highest BCUT2D eigenvalue weighted by Gasteiger charge is 2.39. The Kier molecular flexibility index (Phi) is 8.43. The number of benzene rings is 1. The molecule has 0 saturated carbocycles. The molecule has 33 heavy (non-hydrogen) atoms. The normalized spacial score (nSPS) is 24.2. The van der Waals surface area contributed by atoms with Crippen molar-refractivity contribution in [3.63, 3.8) is 0 Å². The summed E-state index contributed by atoms with van der Waals surface area (Å²) >= 11 is 5.91. The van der Waals surface area contributed by atoms with Crippen LogP contribution in [0.3, 0.4) is 0 Å². The summed E-state index contributed by atoms with van der Waals surface area (Å²) in [7, 11) is 0. The Bertz CT molecular complexity index is 1000. The van der Waals surface area contributed by atoms with Gasteiger partial charge in [-0.25, -0.2) is 14.4 Å². The highest BCUT2D eigenvalue weighted by molar-refractivity contribution is 6.30. The van der Waals surface area contributed by atoms with Crippen LogP contribution in [0.25, 0.3) is 0 Å². The molecule has 0 spiro atoms. The van der Waals surface area contributed by atoms with Gasteiger partial charge in [-0.15, -0.1) is 24.8 Å². The topological polar surface area (TPSA) is 61.4 Å². The monoisotopic (exact) mass is 515 g/mol. The lowest BCUT2D eigenvalue weighted by Crippen LogP contribution is -2.51. The second-order valence-electron chi connectivity index (χ2n) is 8.85.